The molecule has 0 fully saturated rings. The summed E-state index contributed by atoms with van der Waals surface area (Å²) in [4.78, 5) is 12.0. The maximum absolute atomic E-state index is 12.0. The zero-order valence-electron chi connectivity index (χ0n) is 14.6. The van der Waals surface area contributed by atoms with Gasteiger partial charge in [-0.3, -0.25) is 0 Å². The fourth-order valence-electron chi connectivity index (χ4n) is 2.83. The summed E-state index contributed by atoms with van der Waals surface area (Å²) < 4.78 is 5.48. The minimum absolute atomic E-state index is 0.148. The van der Waals surface area contributed by atoms with Gasteiger partial charge in [-0.25, -0.2) is 4.79 Å². The lowest BCUT2D eigenvalue weighted by molar-refractivity contribution is -0.138. The molecule has 0 amide bonds. The highest BCUT2D eigenvalue weighted by Crippen LogP contribution is 2.26. The molecule has 2 heteroatoms. The Kier molecular flexibility index (Phi) is 6.64. The molecule has 0 aromatic carbocycles. The third-order valence-corrected chi connectivity index (χ3v) is 4.20. The van der Waals surface area contributed by atoms with E-state index in [1.165, 1.54) is 11.1 Å². The monoisotopic (exact) mass is 312 g/mol. The Morgan fingerprint density at radius 2 is 2.04 bits per heavy atom. The Bertz CT molecular complexity index is 581. The van der Waals surface area contributed by atoms with Crippen LogP contribution in [0.15, 0.2) is 58.7 Å². The van der Waals surface area contributed by atoms with Crippen LogP contribution in [0.4, 0.5) is 0 Å². The second-order valence-electron chi connectivity index (χ2n) is 6.61. The van der Waals surface area contributed by atoms with Crippen LogP contribution in [0.2, 0.25) is 0 Å². The number of rotatable bonds is 7. The topological polar surface area (TPSA) is 26.3 Å². The van der Waals surface area contributed by atoms with Crippen molar-refractivity contribution in [3.8, 4) is 0 Å². The molecule has 0 N–H and O–H groups in total. The fraction of sp³-hybridized carbons (Fsp3) is 0.476. The quantitative estimate of drug-likeness (QED) is 0.452. The van der Waals surface area contributed by atoms with E-state index in [-0.39, 0.29) is 12.1 Å². The normalized spacial score (nSPS) is 20.9. The Morgan fingerprint density at radius 1 is 1.22 bits per heavy atom. The van der Waals surface area contributed by atoms with Crippen molar-refractivity contribution in [3.63, 3.8) is 0 Å². The molecule has 0 saturated heterocycles. The second kappa shape index (κ2) is 8.71. The summed E-state index contributed by atoms with van der Waals surface area (Å²) in [6.07, 6.45) is 18.7. The van der Waals surface area contributed by atoms with Crippen molar-refractivity contribution in [2.24, 2.45) is 0 Å². The SMILES string of the molecule is CC(C)=CCC/C(C)=C/CCC1=CC(C2=CCCC=C2)OC1=O. The lowest BCUT2D eigenvalue weighted by Crippen LogP contribution is -2.11. The van der Waals surface area contributed by atoms with Gasteiger partial charge >= 0.3 is 5.97 Å². The van der Waals surface area contributed by atoms with Gasteiger partial charge in [0.1, 0.15) is 6.10 Å². The van der Waals surface area contributed by atoms with E-state index in [0.29, 0.717) is 0 Å². The van der Waals surface area contributed by atoms with Crippen LogP contribution in [0.1, 0.15) is 59.3 Å². The van der Waals surface area contributed by atoms with Gasteiger partial charge in [0.25, 0.3) is 0 Å². The molecule has 23 heavy (non-hydrogen) atoms. The van der Waals surface area contributed by atoms with Crippen LogP contribution in [0.5, 0.6) is 0 Å². The molecule has 2 nitrogen and oxygen atoms in total. The standard InChI is InChI=1S/C21H28O2/c1-16(2)9-7-10-17(3)11-8-14-19-15-20(23-21(19)22)18-12-5-4-6-13-18/h5,9,11-13,15,20H,4,6-8,10,14H2,1-3H3/b17-11+. The Hall–Kier alpha value is -1.83. The summed E-state index contributed by atoms with van der Waals surface area (Å²) in [6.45, 7) is 6.43. The van der Waals surface area contributed by atoms with E-state index >= 15 is 0 Å². The smallest absolute Gasteiger partial charge is 0.334 e. The Morgan fingerprint density at radius 3 is 2.74 bits per heavy atom. The van der Waals surface area contributed by atoms with Crippen molar-refractivity contribution < 1.29 is 9.53 Å². The summed E-state index contributed by atoms with van der Waals surface area (Å²) in [6, 6.07) is 0. The molecule has 0 spiro atoms. The first kappa shape index (κ1) is 17.5. The predicted molar refractivity (Wildman–Crippen MR) is 96.1 cm³/mol. The number of carbonyl (C=O) groups is 1. The molecule has 0 aromatic rings. The van der Waals surface area contributed by atoms with Crippen LogP contribution in [0.25, 0.3) is 0 Å². The summed E-state index contributed by atoms with van der Waals surface area (Å²) in [5.74, 6) is -0.148. The number of cyclic esters (lactones) is 1. The third kappa shape index (κ3) is 5.70. The second-order valence-corrected chi connectivity index (χ2v) is 6.61. The van der Waals surface area contributed by atoms with E-state index < -0.39 is 0 Å². The van der Waals surface area contributed by atoms with Gasteiger partial charge in [0, 0.05) is 5.57 Å². The van der Waals surface area contributed by atoms with Gasteiger partial charge in [-0.1, -0.05) is 41.5 Å². The lowest BCUT2D eigenvalue weighted by atomic mass is 10.0. The number of hydrogen-bond donors (Lipinski definition) is 0. The minimum Gasteiger partial charge on any atom is -0.450 e. The maximum atomic E-state index is 12.0. The first-order chi connectivity index (χ1) is 11.1. The Balaban J connectivity index is 1.82. The molecule has 2 aliphatic rings. The van der Waals surface area contributed by atoms with Gasteiger partial charge in [-0.2, -0.15) is 0 Å². The van der Waals surface area contributed by atoms with Crippen LogP contribution in [0.3, 0.4) is 0 Å². The molecular weight excluding hydrogens is 284 g/mol. The van der Waals surface area contributed by atoms with Crippen molar-refractivity contribution in [3.05, 3.63) is 58.7 Å². The van der Waals surface area contributed by atoms with Crippen LogP contribution >= 0.6 is 0 Å². The molecule has 2 rings (SSSR count). The van der Waals surface area contributed by atoms with Crippen molar-refractivity contribution in [2.75, 3.05) is 0 Å². The van der Waals surface area contributed by atoms with Crippen LogP contribution in [0, 0.1) is 0 Å². The molecular formula is C21H28O2. The first-order valence-corrected chi connectivity index (χ1v) is 8.63. The summed E-state index contributed by atoms with van der Waals surface area (Å²) in [5.41, 5.74) is 4.70. The van der Waals surface area contributed by atoms with E-state index in [1.54, 1.807) is 0 Å². The summed E-state index contributed by atoms with van der Waals surface area (Å²) in [5, 5.41) is 0. The van der Waals surface area contributed by atoms with Crippen LogP contribution < -0.4 is 0 Å². The van der Waals surface area contributed by atoms with Gasteiger partial charge in [0.2, 0.25) is 0 Å². The van der Waals surface area contributed by atoms with Gasteiger partial charge < -0.3 is 4.74 Å². The maximum Gasteiger partial charge on any atom is 0.334 e. The molecule has 1 unspecified atom stereocenters. The summed E-state index contributed by atoms with van der Waals surface area (Å²) >= 11 is 0. The lowest BCUT2D eigenvalue weighted by Gasteiger charge is -2.12. The van der Waals surface area contributed by atoms with E-state index in [2.05, 4.69) is 51.2 Å². The van der Waals surface area contributed by atoms with E-state index in [0.717, 1.165) is 49.7 Å². The fourth-order valence-corrected chi connectivity index (χ4v) is 2.83. The average Bonchev–Trinajstić information content (AvgIpc) is 2.89. The van der Waals surface area contributed by atoms with E-state index in [1.807, 2.05) is 6.08 Å². The van der Waals surface area contributed by atoms with Crippen molar-refractivity contribution >= 4 is 5.97 Å². The third-order valence-electron chi connectivity index (χ3n) is 4.20. The highest BCUT2D eigenvalue weighted by molar-refractivity contribution is 5.91. The van der Waals surface area contributed by atoms with Crippen LogP contribution in [-0.4, -0.2) is 12.1 Å². The predicted octanol–water partition coefficient (Wildman–Crippen LogP) is 5.59. The molecule has 0 bridgehead atoms. The number of esters is 1. The molecule has 1 aliphatic heterocycles. The largest absolute Gasteiger partial charge is 0.450 e. The zero-order chi connectivity index (χ0) is 16.7. The number of carbonyl (C=O) groups excluding carboxylic acids is 1. The Labute approximate surface area is 140 Å². The molecule has 0 radical (unpaired) electrons. The highest BCUT2D eigenvalue weighted by Gasteiger charge is 2.26. The molecule has 1 heterocycles. The highest BCUT2D eigenvalue weighted by atomic mass is 16.5. The van der Waals surface area contributed by atoms with Crippen LogP contribution in [-0.2, 0) is 9.53 Å². The van der Waals surface area contributed by atoms with Crippen molar-refractivity contribution in [1.82, 2.24) is 0 Å². The number of allylic oxidation sites excluding steroid dienone is 6. The van der Waals surface area contributed by atoms with E-state index in [4.69, 9.17) is 4.74 Å². The van der Waals surface area contributed by atoms with Gasteiger partial charge in [0.05, 0.1) is 0 Å². The molecule has 0 saturated carbocycles. The van der Waals surface area contributed by atoms with Crippen molar-refractivity contribution in [1.29, 1.82) is 0 Å². The van der Waals surface area contributed by atoms with E-state index in [9.17, 15) is 4.79 Å². The summed E-state index contributed by atoms with van der Waals surface area (Å²) in [7, 11) is 0. The van der Waals surface area contributed by atoms with Gasteiger partial charge in [-0.15, -0.1) is 0 Å². The molecule has 1 atom stereocenters. The first-order valence-electron chi connectivity index (χ1n) is 8.63. The van der Waals surface area contributed by atoms with Gasteiger partial charge in [-0.05, 0) is 70.9 Å². The minimum atomic E-state index is -0.170. The molecule has 1 aliphatic carbocycles. The molecule has 124 valence electrons. The average molecular weight is 312 g/mol. The van der Waals surface area contributed by atoms with Gasteiger partial charge in [0.15, 0.2) is 0 Å². The number of ether oxygens (including phenoxy) is 1. The molecule has 0 aromatic heterocycles. The number of hydrogen-bond acceptors (Lipinski definition) is 2. The zero-order valence-corrected chi connectivity index (χ0v) is 14.6. The van der Waals surface area contributed by atoms with Crippen molar-refractivity contribution in [2.45, 2.75) is 65.4 Å².